The van der Waals surface area contributed by atoms with Crippen molar-refractivity contribution in [3.05, 3.63) is 62.4 Å². The van der Waals surface area contributed by atoms with Crippen molar-refractivity contribution < 1.29 is 0 Å². The van der Waals surface area contributed by atoms with Gasteiger partial charge in [-0.1, -0.05) is 41.4 Å². The monoisotopic (exact) mass is 323 g/mol. The fourth-order valence-electron chi connectivity index (χ4n) is 2.16. The Labute approximate surface area is 130 Å². The van der Waals surface area contributed by atoms with Crippen LogP contribution in [0.25, 0.3) is 10.9 Å². The highest BCUT2D eigenvalue weighted by Crippen LogP contribution is 2.37. The third-order valence-corrected chi connectivity index (χ3v) is 4.62. The van der Waals surface area contributed by atoms with Crippen LogP contribution in [0, 0.1) is 0 Å². The zero-order chi connectivity index (χ0) is 14.1. The van der Waals surface area contributed by atoms with E-state index < -0.39 is 0 Å². The summed E-state index contributed by atoms with van der Waals surface area (Å²) in [6, 6.07) is 11.6. The quantitative estimate of drug-likeness (QED) is 0.562. The van der Waals surface area contributed by atoms with Gasteiger partial charge in [0.2, 0.25) is 0 Å². The van der Waals surface area contributed by atoms with Crippen LogP contribution >= 0.6 is 34.5 Å². The molecule has 0 spiro atoms. The first-order valence-electron chi connectivity index (χ1n) is 5.94. The van der Waals surface area contributed by atoms with E-state index in [0.717, 1.165) is 22.0 Å². The highest BCUT2D eigenvalue weighted by Gasteiger charge is 2.19. The van der Waals surface area contributed by atoms with Crippen molar-refractivity contribution in [2.45, 2.75) is 6.04 Å². The van der Waals surface area contributed by atoms with Gasteiger partial charge >= 0.3 is 0 Å². The van der Waals surface area contributed by atoms with E-state index in [2.05, 4.69) is 16.5 Å². The van der Waals surface area contributed by atoms with Gasteiger partial charge in [0.1, 0.15) is 0 Å². The summed E-state index contributed by atoms with van der Waals surface area (Å²) in [6.07, 6.45) is 1.80. The molecule has 0 radical (unpaired) electrons. The zero-order valence-corrected chi connectivity index (χ0v) is 12.6. The summed E-state index contributed by atoms with van der Waals surface area (Å²) in [4.78, 5) is 4.44. The van der Waals surface area contributed by atoms with Crippen LogP contribution in [0.2, 0.25) is 8.67 Å². The molecule has 0 saturated carbocycles. The largest absolute Gasteiger partial charge is 0.271 e. The van der Waals surface area contributed by atoms with E-state index in [4.69, 9.17) is 29.0 Å². The van der Waals surface area contributed by atoms with Crippen molar-refractivity contribution >= 4 is 45.4 Å². The molecule has 0 amide bonds. The Morgan fingerprint density at radius 1 is 1.20 bits per heavy atom. The van der Waals surface area contributed by atoms with Crippen LogP contribution in [0.4, 0.5) is 0 Å². The number of hydrogen-bond acceptors (Lipinski definition) is 4. The average Bonchev–Trinajstić information content (AvgIpc) is 2.78. The van der Waals surface area contributed by atoms with Gasteiger partial charge < -0.3 is 0 Å². The molecule has 3 aromatic rings. The predicted octanol–water partition coefficient (Wildman–Crippen LogP) is 4.16. The Morgan fingerprint density at radius 3 is 2.70 bits per heavy atom. The number of aromatic nitrogens is 1. The molecule has 2 heterocycles. The number of pyridine rings is 1. The number of para-hydroxylation sites is 1. The van der Waals surface area contributed by atoms with Crippen LogP contribution in [-0.4, -0.2) is 4.98 Å². The van der Waals surface area contributed by atoms with Crippen LogP contribution in [0.5, 0.6) is 0 Å². The summed E-state index contributed by atoms with van der Waals surface area (Å²) in [5.41, 5.74) is 5.53. The molecule has 0 aliphatic heterocycles. The summed E-state index contributed by atoms with van der Waals surface area (Å²) in [6.45, 7) is 0. The Bertz CT molecular complexity index is 757. The molecule has 0 saturated heterocycles. The van der Waals surface area contributed by atoms with E-state index in [-0.39, 0.29) is 6.04 Å². The normalized spacial score (nSPS) is 12.8. The lowest BCUT2D eigenvalue weighted by Crippen LogP contribution is -2.28. The molecule has 1 unspecified atom stereocenters. The Kier molecular flexibility index (Phi) is 3.92. The van der Waals surface area contributed by atoms with Crippen molar-refractivity contribution in [3.8, 4) is 0 Å². The molecule has 1 atom stereocenters. The molecule has 3 N–H and O–H groups in total. The minimum absolute atomic E-state index is 0.233. The topological polar surface area (TPSA) is 50.9 Å². The van der Waals surface area contributed by atoms with Crippen molar-refractivity contribution in [1.82, 2.24) is 10.4 Å². The second kappa shape index (κ2) is 5.68. The molecule has 20 heavy (non-hydrogen) atoms. The highest BCUT2D eigenvalue weighted by molar-refractivity contribution is 7.20. The summed E-state index contributed by atoms with van der Waals surface area (Å²) in [5.74, 6) is 5.68. The lowest BCUT2D eigenvalue weighted by Gasteiger charge is -2.16. The third kappa shape index (κ3) is 2.53. The fourth-order valence-corrected chi connectivity index (χ4v) is 3.69. The molecule has 6 heteroatoms. The van der Waals surface area contributed by atoms with E-state index in [9.17, 15) is 0 Å². The number of nitrogens with zero attached hydrogens (tertiary/aromatic N) is 1. The molecule has 0 aliphatic carbocycles. The van der Waals surface area contributed by atoms with Gasteiger partial charge in [-0.2, -0.15) is 0 Å². The number of rotatable bonds is 3. The molecule has 2 aromatic heterocycles. The first-order chi connectivity index (χ1) is 9.69. The van der Waals surface area contributed by atoms with Gasteiger partial charge in [0.15, 0.2) is 0 Å². The van der Waals surface area contributed by atoms with Gasteiger partial charge in [-0.05, 0) is 23.8 Å². The number of hydrazine groups is 1. The highest BCUT2D eigenvalue weighted by atomic mass is 35.5. The maximum Gasteiger partial charge on any atom is 0.0995 e. The zero-order valence-electron chi connectivity index (χ0n) is 10.3. The second-order valence-corrected chi connectivity index (χ2v) is 6.63. The SMILES string of the molecule is NNC(c1cnc2ccccc2c1)c1cc(Cl)sc1Cl. The lowest BCUT2D eigenvalue weighted by molar-refractivity contribution is 0.638. The molecule has 0 bridgehead atoms. The van der Waals surface area contributed by atoms with Crippen LogP contribution in [0.15, 0.2) is 42.6 Å². The van der Waals surface area contributed by atoms with Crippen LogP contribution in [0.1, 0.15) is 17.2 Å². The fraction of sp³-hybridized carbons (Fsp3) is 0.0714. The molecule has 0 fully saturated rings. The summed E-state index contributed by atoms with van der Waals surface area (Å²) >= 11 is 13.5. The first-order valence-corrected chi connectivity index (χ1v) is 7.52. The Balaban J connectivity index is 2.09. The number of hydrogen-bond donors (Lipinski definition) is 2. The maximum absolute atomic E-state index is 6.20. The minimum Gasteiger partial charge on any atom is -0.271 e. The second-order valence-electron chi connectivity index (χ2n) is 4.34. The molecule has 3 rings (SSSR count). The number of nitrogens with two attached hydrogens (primary N) is 1. The minimum atomic E-state index is -0.233. The van der Waals surface area contributed by atoms with E-state index in [0.29, 0.717) is 8.67 Å². The molecule has 3 nitrogen and oxygen atoms in total. The maximum atomic E-state index is 6.20. The predicted molar refractivity (Wildman–Crippen MR) is 85.2 cm³/mol. The Morgan fingerprint density at radius 2 is 2.00 bits per heavy atom. The van der Waals surface area contributed by atoms with Crippen molar-refractivity contribution in [1.29, 1.82) is 0 Å². The summed E-state index contributed by atoms with van der Waals surface area (Å²) < 4.78 is 1.27. The number of nitrogens with one attached hydrogen (secondary N) is 1. The van der Waals surface area contributed by atoms with Crippen molar-refractivity contribution in [2.24, 2.45) is 5.84 Å². The van der Waals surface area contributed by atoms with E-state index in [1.54, 1.807) is 6.20 Å². The van der Waals surface area contributed by atoms with Gasteiger partial charge in [0.25, 0.3) is 0 Å². The molecule has 1 aromatic carbocycles. The lowest BCUT2D eigenvalue weighted by atomic mass is 10.0. The van der Waals surface area contributed by atoms with Crippen molar-refractivity contribution in [3.63, 3.8) is 0 Å². The van der Waals surface area contributed by atoms with Gasteiger partial charge in [0.05, 0.1) is 20.2 Å². The molecular formula is C14H11Cl2N3S. The standard InChI is InChI=1S/C14H11Cl2N3S/c15-12-6-10(14(16)20-12)13(19-17)9-5-8-3-1-2-4-11(8)18-7-9/h1-7,13,19H,17H2. The molecule has 0 aliphatic rings. The van der Waals surface area contributed by atoms with Gasteiger partial charge in [0, 0.05) is 17.1 Å². The molecular weight excluding hydrogens is 313 g/mol. The van der Waals surface area contributed by atoms with Crippen molar-refractivity contribution in [2.75, 3.05) is 0 Å². The van der Waals surface area contributed by atoms with E-state index in [1.165, 1.54) is 11.3 Å². The average molecular weight is 324 g/mol. The molecule has 102 valence electrons. The Hall–Kier alpha value is -1.17. The number of thiophene rings is 1. The number of halogens is 2. The summed E-state index contributed by atoms with van der Waals surface area (Å²) in [5, 5.41) is 1.06. The van der Waals surface area contributed by atoms with Gasteiger partial charge in [-0.3, -0.25) is 10.8 Å². The van der Waals surface area contributed by atoms with Crippen LogP contribution in [0.3, 0.4) is 0 Å². The number of benzene rings is 1. The van der Waals surface area contributed by atoms with E-state index in [1.807, 2.05) is 30.3 Å². The van der Waals surface area contributed by atoms with Crippen LogP contribution < -0.4 is 11.3 Å². The van der Waals surface area contributed by atoms with Crippen LogP contribution in [-0.2, 0) is 0 Å². The smallest absolute Gasteiger partial charge is 0.0995 e. The third-order valence-electron chi connectivity index (χ3n) is 3.11. The van der Waals surface area contributed by atoms with E-state index >= 15 is 0 Å². The van der Waals surface area contributed by atoms with Gasteiger partial charge in [-0.15, -0.1) is 11.3 Å². The summed E-state index contributed by atoms with van der Waals surface area (Å²) in [7, 11) is 0. The first kappa shape index (κ1) is 13.8. The number of fused-ring (bicyclic) bond motifs is 1. The van der Waals surface area contributed by atoms with Gasteiger partial charge in [-0.25, -0.2) is 5.43 Å².